The molecule has 3 fully saturated rings. The number of nitrogens with two attached hydrogens (primary N) is 3. The van der Waals surface area contributed by atoms with E-state index in [1.165, 1.54) is 12.5 Å². The highest BCUT2D eigenvalue weighted by Gasteiger charge is 2.52. The first-order valence-corrected chi connectivity index (χ1v) is 22.1. The number of nitrogens with one attached hydrogen (secondary N) is 8. The number of fused-ring (bicyclic) bond motifs is 3. The van der Waals surface area contributed by atoms with Gasteiger partial charge in [-0.15, -0.1) is 0 Å². The number of allylic oxidation sites excluding steroid dienone is 4. The molecular weight excluding hydrogens is 865 g/mol. The minimum atomic E-state index is -2.08. The molecule has 3 saturated heterocycles. The van der Waals surface area contributed by atoms with Crippen molar-refractivity contribution in [3.63, 3.8) is 0 Å². The zero-order chi connectivity index (χ0) is 48.1. The van der Waals surface area contributed by atoms with E-state index < -0.39 is 95.5 Å². The fourth-order valence-corrected chi connectivity index (χ4v) is 8.51. The van der Waals surface area contributed by atoms with Gasteiger partial charge in [-0.05, 0) is 55.4 Å². The van der Waals surface area contributed by atoms with Crippen LogP contribution in [-0.2, 0) is 46.4 Å². The number of hydrogen-bond donors (Lipinski definition) is 11. The summed E-state index contributed by atoms with van der Waals surface area (Å²) in [6.07, 6.45) is 10.7. The highest BCUT2D eigenvalue weighted by atomic mass is 16.2. The number of primary amides is 1. The van der Waals surface area contributed by atoms with Gasteiger partial charge in [0.1, 0.15) is 41.8 Å². The molecule has 22 heteroatoms. The van der Waals surface area contributed by atoms with Crippen molar-refractivity contribution in [3.05, 3.63) is 102 Å². The first-order chi connectivity index (χ1) is 32.2. The summed E-state index contributed by atoms with van der Waals surface area (Å²) in [5, 5.41) is 20.0. The number of carbonyl (C=O) groups excluding carboxylic acids is 8. The van der Waals surface area contributed by atoms with E-state index in [4.69, 9.17) is 17.2 Å². The number of hydrogen-bond acceptors (Lipinski definition) is 12. The Labute approximate surface area is 386 Å². The average Bonchev–Trinajstić information content (AvgIpc) is 3.93. The molecule has 1 aromatic carbocycles. The summed E-state index contributed by atoms with van der Waals surface area (Å²) in [5.74, 6) is -6.21. The molecule has 1 unspecified atom stereocenters. The maximum absolute atomic E-state index is 15.4. The van der Waals surface area contributed by atoms with Gasteiger partial charge in [0.05, 0.1) is 6.33 Å². The van der Waals surface area contributed by atoms with Gasteiger partial charge in [-0.25, -0.2) is 14.7 Å². The maximum Gasteiger partial charge on any atom is 0.325 e. The van der Waals surface area contributed by atoms with E-state index in [1.807, 2.05) is 6.08 Å². The molecule has 2 bridgehead atoms. The zero-order valence-electron chi connectivity index (χ0n) is 36.9. The van der Waals surface area contributed by atoms with Crippen LogP contribution in [-0.4, -0.2) is 130 Å². The lowest BCUT2D eigenvalue weighted by Gasteiger charge is -2.41. The summed E-state index contributed by atoms with van der Waals surface area (Å²) < 4.78 is 0. The number of H-pyrrole nitrogens is 1. The van der Waals surface area contributed by atoms with Crippen molar-refractivity contribution < 1.29 is 38.4 Å². The Bertz CT molecular complexity index is 2330. The van der Waals surface area contributed by atoms with Crippen LogP contribution in [0.3, 0.4) is 0 Å². The number of ketones is 1. The molecule has 8 amide bonds. The number of imidazole rings is 1. The summed E-state index contributed by atoms with van der Waals surface area (Å²) >= 11 is 0. The highest BCUT2D eigenvalue weighted by Crippen LogP contribution is 2.27. The van der Waals surface area contributed by atoms with E-state index in [0.29, 0.717) is 35.4 Å². The van der Waals surface area contributed by atoms with Gasteiger partial charge in [0, 0.05) is 56.9 Å². The third kappa shape index (κ3) is 12.4. The molecule has 0 radical (unpaired) electrons. The van der Waals surface area contributed by atoms with Crippen LogP contribution in [0, 0.1) is 0 Å². The number of imide groups is 1. The molecule has 4 aliphatic rings. The number of urea groups is 1. The minimum Gasteiger partial charge on any atom is -0.387 e. The molecule has 6 rings (SSSR count). The van der Waals surface area contributed by atoms with Crippen LogP contribution in [0.25, 0.3) is 0 Å². The van der Waals surface area contributed by atoms with Gasteiger partial charge < -0.3 is 59.4 Å². The number of aromatic nitrogens is 2. The Kier molecular flexibility index (Phi) is 16.4. The second-order valence-electron chi connectivity index (χ2n) is 16.7. The monoisotopic (exact) mass is 922 g/mol. The maximum atomic E-state index is 15.4. The zero-order valence-corrected chi connectivity index (χ0v) is 36.9. The van der Waals surface area contributed by atoms with E-state index in [1.54, 1.807) is 54.8 Å². The van der Waals surface area contributed by atoms with Crippen molar-refractivity contribution in [3.8, 4) is 0 Å². The van der Waals surface area contributed by atoms with Crippen LogP contribution in [0.15, 0.2) is 96.1 Å². The molecule has 0 spiro atoms. The third-order valence-electron chi connectivity index (χ3n) is 12.1. The molecule has 0 aliphatic carbocycles. The van der Waals surface area contributed by atoms with Crippen LogP contribution in [0.5, 0.6) is 0 Å². The van der Waals surface area contributed by atoms with Crippen molar-refractivity contribution in [2.24, 2.45) is 22.2 Å². The third-order valence-corrected chi connectivity index (χ3v) is 12.1. The number of guanidine groups is 1. The van der Waals surface area contributed by atoms with Crippen LogP contribution in [0.2, 0.25) is 0 Å². The number of carbonyl (C=O) groups is 8. The quantitative estimate of drug-likeness (QED) is 0.0699. The summed E-state index contributed by atoms with van der Waals surface area (Å²) in [7, 11) is 0. The van der Waals surface area contributed by atoms with Crippen LogP contribution in [0.1, 0.15) is 56.2 Å². The molecule has 7 atom stereocenters. The molecule has 4 aliphatic heterocycles. The molecular formula is C45H58N14O8. The number of Topliss-reactive ketones (excluding diaryl/α,β-unsaturated/α-hetero) is 1. The largest absolute Gasteiger partial charge is 0.387 e. The smallest absolute Gasteiger partial charge is 0.325 e. The van der Waals surface area contributed by atoms with Gasteiger partial charge in [-0.3, -0.25) is 38.6 Å². The Morgan fingerprint density at radius 3 is 2.33 bits per heavy atom. The van der Waals surface area contributed by atoms with Gasteiger partial charge in [-0.1, -0.05) is 61.2 Å². The predicted octanol–water partition coefficient (Wildman–Crippen LogP) is -2.01. The predicted molar refractivity (Wildman–Crippen MR) is 245 cm³/mol. The number of aliphatic imine (C=N–C) groups is 1. The topological polar surface area (TPSA) is 343 Å². The fraction of sp³-hybridized carbons (Fsp3) is 0.422. The van der Waals surface area contributed by atoms with Gasteiger partial charge >= 0.3 is 6.03 Å². The van der Waals surface area contributed by atoms with Crippen molar-refractivity contribution in [2.45, 2.75) is 99.6 Å². The number of nitrogens with zero attached hydrogens (tertiary/aromatic N) is 3. The van der Waals surface area contributed by atoms with E-state index in [-0.39, 0.29) is 64.0 Å². The molecule has 1 aromatic heterocycles. The number of rotatable bonds is 10. The van der Waals surface area contributed by atoms with Gasteiger partial charge in [0.25, 0.3) is 5.91 Å². The molecule has 2 aromatic rings. The Balaban J connectivity index is 1.50. The van der Waals surface area contributed by atoms with Crippen LogP contribution < -0.4 is 54.4 Å². The van der Waals surface area contributed by atoms with Crippen LogP contribution in [0.4, 0.5) is 4.79 Å². The first-order valence-electron chi connectivity index (χ1n) is 22.1. The van der Waals surface area contributed by atoms with Crippen molar-refractivity contribution in [1.82, 2.24) is 52.1 Å². The minimum absolute atomic E-state index is 0.0150. The molecule has 5 heterocycles. The SMILES string of the molecule is C=C1/C=C\C=C/CNC=C1C[C@@H]1NC(=O)[C@H]2NC(=O)[C@@H](Cc3ccccc3)NC(=O)[C@H](Cc3cnc[nH]3)N3C(=O)N[C@@H](CCC(=O)C2(CCN=C(N)N)NCCCC[C@@H](C(N)=O)NC1=O)C3=O. The highest BCUT2D eigenvalue weighted by molar-refractivity contribution is 6.09. The summed E-state index contributed by atoms with van der Waals surface area (Å²) in [6.45, 7) is 4.33. The van der Waals surface area contributed by atoms with Crippen molar-refractivity contribution in [1.29, 1.82) is 0 Å². The lowest BCUT2D eigenvalue weighted by molar-refractivity contribution is -0.141. The molecule has 356 valence electrons. The Morgan fingerprint density at radius 2 is 1.60 bits per heavy atom. The van der Waals surface area contributed by atoms with E-state index in [9.17, 15) is 24.0 Å². The van der Waals surface area contributed by atoms with Gasteiger partial charge in [0.2, 0.25) is 29.5 Å². The summed E-state index contributed by atoms with van der Waals surface area (Å²) in [6, 6.07) is -0.952. The Hall–Kier alpha value is -7.62. The van der Waals surface area contributed by atoms with Crippen molar-refractivity contribution >= 4 is 53.2 Å². The van der Waals surface area contributed by atoms with Crippen LogP contribution >= 0.6 is 0 Å². The molecule has 14 N–H and O–H groups in total. The van der Waals surface area contributed by atoms with Gasteiger partial charge in [-0.2, -0.15) is 0 Å². The molecule has 67 heavy (non-hydrogen) atoms. The average molecular weight is 923 g/mol. The van der Waals surface area contributed by atoms with Crippen molar-refractivity contribution in [2.75, 3.05) is 19.6 Å². The summed E-state index contributed by atoms with van der Waals surface area (Å²) in [5.41, 5.74) is 17.2. The summed E-state index contributed by atoms with van der Waals surface area (Å²) in [4.78, 5) is 127. The van der Waals surface area contributed by atoms with E-state index >= 15 is 14.4 Å². The lowest BCUT2D eigenvalue weighted by atomic mass is 9.78. The van der Waals surface area contributed by atoms with E-state index in [2.05, 4.69) is 58.8 Å². The molecule has 22 nitrogen and oxygen atoms in total. The standard InChI is InChI=1S/C45H58N14O8/c1-26-10-4-3-8-17-49-23-28(26)21-33-38(62)54-30(37(46)61)13-7-9-18-53-45(16-19-51-43(47)48)35(60)15-14-31-42(66)59(44(67)57-31)34(22-29-24-50-25-52-29)40(64)55-32(20-27-11-5-2-6-12-27)39(63)58-36(45)41(65)56-33/h2-6,8,10-12,23-25,30-34,36,49,53H,1,7,9,13-22H2,(H2,46,61)(H,50,52)(H,54,62)(H,55,64)(H,56,65)(H,57,67)(H,58,63)(H4,47,48,51)/b8-3-,10-4-,28-23?/t30-,31-,32+,33-,34-,36+,45?/m0/s1. The number of amides is 8. The normalized spacial score (nSPS) is 27.9. The lowest BCUT2D eigenvalue weighted by Crippen LogP contribution is -2.72. The molecule has 0 saturated carbocycles. The van der Waals surface area contributed by atoms with E-state index in [0.717, 1.165) is 4.90 Å². The Morgan fingerprint density at radius 1 is 0.851 bits per heavy atom. The number of aromatic amines is 1. The number of benzene rings is 1. The first kappa shape index (κ1) is 48.8. The second-order valence-corrected chi connectivity index (χ2v) is 16.7. The fourth-order valence-electron chi connectivity index (χ4n) is 8.51. The van der Waals surface area contributed by atoms with Gasteiger partial charge in [0.15, 0.2) is 11.7 Å². The second kappa shape index (κ2) is 22.5.